The van der Waals surface area contributed by atoms with Crippen LogP contribution in [0, 0.1) is 5.92 Å². The number of hydrogen-bond acceptors (Lipinski definition) is 4. The zero-order valence-corrected chi connectivity index (χ0v) is 19.9. The Balaban J connectivity index is 1.36. The SMILES string of the molecule is CC(CN1CCC2(CC1)COc1cc(SCCc3c(Cl)cccc3Cl)ccc12)C(=O)O. The molecule has 1 unspecified atom stereocenters. The molecule has 4 rings (SSSR count). The van der Waals surface area contributed by atoms with Gasteiger partial charge in [-0.25, -0.2) is 0 Å². The highest BCUT2D eigenvalue weighted by Gasteiger charge is 2.43. The molecule has 2 aliphatic heterocycles. The van der Waals surface area contributed by atoms with Crippen molar-refractivity contribution in [1.82, 2.24) is 4.90 Å². The molecular weight excluding hydrogens is 453 g/mol. The number of nitrogens with zero attached hydrogens (tertiary/aromatic N) is 1. The predicted octanol–water partition coefficient (Wildman–Crippen LogP) is 5.77. The highest BCUT2D eigenvalue weighted by Crippen LogP contribution is 2.46. The van der Waals surface area contributed by atoms with E-state index in [4.69, 9.17) is 33.0 Å². The Morgan fingerprint density at radius 3 is 2.61 bits per heavy atom. The average molecular weight is 480 g/mol. The summed E-state index contributed by atoms with van der Waals surface area (Å²) >= 11 is 14.3. The highest BCUT2D eigenvalue weighted by atomic mass is 35.5. The summed E-state index contributed by atoms with van der Waals surface area (Å²) in [5.41, 5.74) is 2.36. The van der Waals surface area contributed by atoms with Crippen molar-refractivity contribution in [2.24, 2.45) is 5.92 Å². The quantitative estimate of drug-likeness (QED) is 0.510. The van der Waals surface area contributed by atoms with E-state index in [1.165, 1.54) is 10.5 Å². The molecule has 2 aromatic carbocycles. The van der Waals surface area contributed by atoms with E-state index in [0.717, 1.165) is 59.5 Å². The van der Waals surface area contributed by atoms with Crippen molar-refractivity contribution in [3.05, 3.63) is 57.6 Å². The van der Waals surface area contributed by atoms with Crippen LogP contribution in [0.2, 0.25) is 10.0 Å². The van der Waals surface area contributed by atoms with Crippen LogP contribution in [-0.2, 0) is 16.6 Å². The number of rotatable bonds is 7. The van der Waals surface area contributed by atoms with Crippen LogP contribution in [0.5, 0.6) is 5.75 Å². The number of aliphatic carboxylic acids is 1. The summed E-state index contributed by atoms with van der Waals surface area (Å²) in [6.45, 7) is 4.93. The number of piperidine rings is 1. The Morgan fingerprint density at radius 2 is 1.94 bits per heavy atom. The van der Waals surface area contributed by atoms with Crippen LogP contribution in [0.15, 0.2) is 41.3 Å². The number of fused-ring (bicyclic) bond motifs is 2. The first-order valence-corrected chi connectivity index (χ1v) is 12.4. The molecular formula is C24H27Cl2NO3S. The largest absolute Gasteiger partial charge is 0.492 e. The molecule has 166 valence electrons. The molecule has 0 aliphatic carbocycles. The van der Waals surface area contributed by atoms with Crippen molar-refractivity contribution < 1.29 is 14.6 Å². The fourth-order valence-corrected chi connectivity index (χ4v) is 6.01. The van der Waals surface area contributed by atoms with Crippen LogP contribution in [0.25, 0.3) is 0 Å². The summed E-state index contributed by atoms with van der Waals surface area (Å²) in [6, 6.07) is 12.2. The van der Waals surface area contributed by atoms with Crippen molar-refractivity contribution in [2.75, 3.05) is 32.0 Å². The fourth-order valence-electron chi connectivity index (χ4n) is 4.53. The third-order valence-electron chi connectivity index (χ3n) is 6.48. The lowest BCUT2D eigenvalue weighted by molar-refractivity contribution is -0.141. The number of benzene rings is 2. The van der Waals surface area contributed by atoms with Gasteiger partial charge in [0.05, 0.1) is 12.5 Å². The average Bonchev–Trinajstić information content (AvgIpc) is 3.09. The van der Waals surface area contributed by atoms with Gasteiger partial charge in [0.2, 0.25) is 0 Å². The lowest BCUT2D eigenvalue weighted by Crippen LogP contribution is -2.45. The molecule has 1 spiro atoms. The van der Waals surface area contributed by atoms with Gasteiger partial charge in [0.1, 0.15) is 5.75 Å². The van der Waals surface area contributed by atoms with E-state index in [0.29, 0.717) is 13.2 Å². The second kappa shape index (κ2) is 9.62. The summed E-state index contributed by atoms with van der Waals surface area (Å²) < 4.78 is 6.12. The first-order valence-electron chi connectivity index (χ1n) is 10.7. The highest BCUT2D eigenvalue weighted by molar-refractivity contribution is 7.99. The van der Waals surface area contributed by atoms with E-state index in [2.05, 4.69) is 23.1 Å². The predicted molar refractivity (Wildman–Crippen MR) is 127 cm³/mol. The third-order valence-corrected chi connectivity index (χ3v) is 8.18. The lowest BCUT2D eigenvalue weighted by Gasteiger charge is -2.39. The Hall–Kier alpha value is -1.40. The number of halogens is 2. The summed E-state index contributed by atoms with van der Waals surface area (Å²) in [4.78, 5) is 14.6. The minimum atomic E-state index is -0.725. The van der Waals surface area contributed by atoms with Gasteiger partial charge in [0, 0.05) is 38.2 Å². The first kappa shape index (κ1) is 22.8. The van der Waals surface area contributed by atoms with E-state index >= 15 is 0 Å². The molecule has 2 aliphatic rings. The standard InChI is InChI=1S/C24H27Cl2NO3S/c1-16(23(28)29)14-27-10-8-24(9-11-27)15-30-22-13-17(5-6-19(22)24)31-12-7-18-20(25)3-2-4-21(18)26/h2-6,13,16H,7-12,14-15H2,1H3,(H,28,29). The number of likely N-dealkylation sites (tertiary alicyclic amines) is 1. The van der Waals surface area contributed by atoms with Crippen molar-refractivity contribution in [3.63, 3.8) is 0 Å². The van der Waals surface area contributed by atoms with Gasteiger partial charge in [0.15, 0.2) is 0 Å². The van der Waals surface area contributed by atoms with Crippen molar-refractivity contribution in [1.29, 1.82) is 0 Å². The topological polar surface area (TPSA) is 49.8 Å². The molecule has 1 N–H and O–H groups in total. The number of carboxylic acid groups (broad SMARTS) is 1. The maximum absolute atomic E-state index is 11.1. The minimum absolute atomic E-state index is 0.0621. The minimum Gasteiger partial charge on any atom is -0.492 e. The number of carbonyl (C=O) groups is 1. The van der Waals surface area contributed by atoms with E-state index in [1.807, 2.05) is 18.2 Å². The van der Waals surface area contributed by atoms with Crippen LogP contribution in [0.3, 0.4) is 0 Å². The molecule has 1 atom stereocenters. The second-order valence-corrected chi connectivity index (χ2v) is 10.5. The van der Waals surface area contributed by atoms with Gasteiger partial charge < -0.3 is 14.7 Å². The molecule has 0 aromatic heterocycles. The van der Waals surface area contributed by atoms with E-state index < -0.39 is 5.97 Å². The van der Waals surface area contributed by atoms with Gasteiger partial charge in [-0.15, -0.1) is 11.8 Å². The van der Waals surface area contributed by atoms with Crippen LogP contribution in [-0.4, -0.2) is 48.0 Å². The zero-order chi connectivity index (χ0) is 22.0. The Labute approximate surface area is 197 Å². The van der Waals surface area contributed by atoms with Crippen LogP contribution < -0.4 is 4.74 Å². The zero-order valence-electron chi connectivity index (χ0n) is 17.6. The van der Waals surface area contributed by atoms with E-state index in [-0.39, 0.29) is 11.3 Å². The molecule has 1 saturated heterocycles. The number of hydrogen-bond donors (Lipinski definition) is 1. The molecule has 7 heteroatoms. The molecule has 0 radical (unpaired) electrons. The second-order valence-electron chi connectivity index (χ2n) is 8.57. The Kier molecular flexibility index (Phi) is 7.07. The van der Waals surface area contributed by atoms with Crippen LogP contribution in [0.1, 0.15) is 30.9 Å². The molecule has 0 saturated carbocycles. The first-order chi connectivity index (χ1) is 14.9. The van der Waals surface area contributed by atoms with Crippen molar-refractivity contribution in [2.45, 2.75) is 36.5 Å². The van der Waals surface area contributed by atoms with Crippen molar-refractivity contribution >= 4 is 40.9 Å². The molecule has 4 nitrogen and oxygen atoms in total. The molecule has 0 amide bonds. The Morgan fingerprint density at radius 1 is 1.23 bits per heavy atom. The number of thioether (sulfide) groups is 1. The normalized spacial score (nSPS) is 18.5. The van der Waals surface area contributed by atoms with E-state index in [1.54, 1.807) is 18.7 Å². The van der Waals surface area contributed by atoms with Gasteiger partial charge in [0.25, 0.3) is 0 Å². The van der Waals surface area contributed by atoms with E-state index in [9.17, 15) is 4.79 Å². The van der Waals surface area contributed by atoms with Gasteiger partial charge >= 0.3 is 5.97 Å². The summed E-state index contributed by atoms with van der Waals surface area (Å²) in [6.07, 6.45) is 2.82. The number of carboxylic acids is 1. The smallest absolute Gasteiger partial charge is 0.307 e. The van der Waals surface area contributed by atoms with Gasteiger partial charge in [-0.3, -0.25) is 4.79 Å². The third kappa shape index (κ3) is 5.00. The summed E-state index contributed by atoms with van der Waals surface area (Å²) in [5, 5.41) is 10.6. The maximum Gasteiger partial charge on any atom is 0.307 e. The van der Waals surface area contributed by atoms with Crippen LogP contribution in [0.4, 0.5) is 0 Å². The molecule has 0 bridgehead atoms. The fraction of sp³-hybridized carbons (Fsp3) is 0.458. The van der Waals surface area contributed by atoms with Gasteiger partial charge in [-0.1, -0.05) is 42.3 Å². The lowest BCUT2D eigenvalue weighted by atomic mass is 9.74. The molecule has 1 fully saturated rings. The molecule has 2 aromatic rings. The summed E-state index contributed by atoms with van der Waals surface area (Å²) in [7, 11) is 0. The van der Waals surface area contributed by atoms with Crippen molar-refractivity contribution in [3.8, 4) is 5.75 Å². The van der Waals surface area contributed by atoms with Gasteiger partial charge in [-0.2, -0.15) is 0 Å². The maximum atomic E-state index is 11.1. The molecule has 31 heavy (non-hydrogen) atoms. The number of ether oxygens (including phenoxy) is 1. The summed E-state index contributed by atoms with van der Waals surface area (Å²) in [5.74, 6) is 0.829. The van der Waals surface area contributed by atoms with Gasteiger partial charge in [-0.05, 0) is 62.2 Å². The molecule has 2 heterocycles. The monoisotopic (exact) mass is 479 g/mol. The van der Waals surface area contributed by atoms with Crippen LogP contribution >= 0.6 is 35.0 Å². The Bertz CT molecular complexity index is 940.